The van der Waals surface area contributed by atoms with Crippen LogP contribution in [0.3, 0.4) is 0 Å². The average Bonchev–Trinajstić information content (AvgIpc) is 2.75. The second-order valence-corrected chi connectivity index (χ2v) is 6.55. The second-order valence-electron chi connectivity index (χ2n) is 6.55. The molecule has 3 aromatic carbocycles. The second kappa shape index (κ2) is 9.04. The minimum absolute atomic E-state index is 0.0711. The molecule has 0 aromatic heterocycles. The maximum atomic E-state index is 12.4. The largest absolute Gasteiger partial charge is 0.497 e. The van der Waals surface area contributed by atoms with Crippen molar-refractivity contribution >= 4 is 22.6 Å². The fraction of sp³-hybridized carbons (Fsp3) is 0.217. The standard InChI is InChI=1S/C23H24N2O3/c1-3-21(17-10-12-20(28-2)13-11-17)25-22(26)15-24-23(27)19-9-8-16-6-4-5-7-18(16)14-19/h4-14,21H,3,15H2,1-2H3,(H,24,27)(H,25,26). The zero-order valence-electron chi connectivity index (χ0n) is 16.1. The van der Waals surface area contributed by atoms with Crippen LogP contribution in [0.4, 0.5) is 0 Å². The van der Waals surface area contributed by atoms with Gasteiger partial charge in [-0.2, -0.15) is 0 Å². The monoisotopic (exact) mass is 376 g/mol. The van der Waals surface area contributed by atoms with E-state index in [2.05, 4.69) is 10.6 Å². The lowest BCUT2D eigenvalue weighted by Crippen LogP contribution is -2.38. The fourth-order valence-corrected chi connectivity index (χ4v) is 3.10. The van der Waals surface area contributed by atoms with Gasteiger partial charge in [-0.1, -0.05) is 49.4 Å². The summed E-state index contributed by atoms with van der Waals surface area (Å²) in [5.74, 6) is 0.280. The Balaban J connectivity index is 1.57. The van der Waals surface area contributed by atoms with E-state index in [1.54, 1.807) is 13.2 Å². The van der Waals surface area contributed by atoms with Crippen molar-refractivity contribution in [3.63, 3.8) is 0 Å². The van der Waals surface area contributed by atoms with Crippen LogP contribution in [-0.2, 0) is 4.79 Å². The van der Waals surface area contributed by atoms with Crippen molar-refractivity contribution in [2.45, 2.75) is 19.4 Å². The number of nitrogens with one attached hydrogen (secondary N) is 2. The van der Waals surface area contributed by atoms with Gasteiger partial charge in [0.25, 0.3) is 5.91 Å². The molecule has 0 aliphatic rings. The van der Waals surface area contributed by atoms with Crippen LogP contribution in [0.2, 0.25) is 0 Å². The molecule has 5 heteroatoms. The molecule has 1 atom stereocenters. The smallest absolute Gasteiger partial charge is 0.251 e. The van der Waals surface area contributed by atoms with Crippen LogP contribution in [0.25, 0.3) is 10.8 Å². The Kier molecular flexibility index (Phi) is 6.27. The summed E-state index contributed by atoms with van der Waals surface area (Å²) in [4.78, 5) is 24.7. The van der Waals surface area contributed by atoms with Gasteiger partial charge in [-0.3, -0.25) is 9.59 Å². The minimum atomic E-state index is -0.265. The van der Waals surface area contributed by atoms with E-state index < -0.39 is 0 Å². The molecule has 0 saturated carbocycles. The van der Waals surface area contributed by atoms with Gasteiger partial charge >= 0.3 is 0 Å². The first-order chi connectivity index (χ1) is 13.6. The Morgan fingerprint density at radius 3 is 2.36 bits per heavy atom. The lowest BCUT2D eigenvalue weighted by atomic mass is 10.0. The van der Waals surface area contributed by atoms with Crippen LogP contribution in [0.5, 0.6) is 5.75 Å². The zero-order valence-corrected chi connectivity index (χ0v) is 16.1. The van der Waals surface area contributed by atoms with Crippen LogP contribution >= 0.6 is 0 Å². The number of carbonyl (C=O) groups excluding carboxylic acids is 2. The highest BCUT2D eigenvalue weighted by atomic mass is 16.5. The zero-order chi connectivity index (χ0) is 19.9. The van der Waals surface area contributed by atoms with Gasteiger partial charge in [0, 0.05) is 5.56 Å². The highest BCUT2D eigenvalue weighted by molar-refractivity contribution is 6.00. The lowest BCUT2D eigenvalue weighted by Gasteiger charge is -2.18. The summed E-state index contributed by atoms with van der Waals surface area (Å²) in [6.45, 7) is 1.93. The van der Waals surface area contributed by atoms with Crippen LogP contribution in [0.1, 0.15) is 35.3 Å². The molecule has 0 aliphatic carbocycles. The molecule has 0 aliphatic heterocycles. The maximum Gasteiger partial charge on any atom is 0.251 e. The Hall–Kier alpha value is -3.34. The van der Waals surface area contributed by atoms with Gasteiger partial charge in [0.05, 0.1) is 19.7 Å². The van der Waals surface area contributed by atoms with E-state index in [1.165, 1.54) is 0 Å². The third kappa shape index (κ3) is 4.68. The van der Waals surface area contributed by atoms with Crippen molar-refractivity contribution in [3.8, 4) is 5.75 Å². The summed E-state index contributed by atoms with van der Waals surface area (Å²) in [5.41, 5.74) is 1.53. The average molecular weight is 376 g/mol. The molecule has 144 valence electrons. The van der Waals surface area contributed by atoms with E-state index >= 15 is 0 Å². The fourth-order valence-electron chi connectivity index (χ4n) is 3.10. The molecule has 0 heterocycles. The highest BCUT2D eigenvalue weighted by Crippen LogP contribution is 2.20. The number of carbonyl (C=O) groups is 2. The molecule has 5 nitrogen and oxygen atoms in total. The molecular weight excluding hydrogens is 352 g/mol. The molecule has 0 fully saturated rings. The summed E-state index contributed by atoms with van der Waals surface area (Å²) in [6, 6.07) is 20.8. The highest BCUT2D eigenvalue weighted by Gasteiger charge is 2.14. The van der Waals surface area contributed by atoms with E-state index in [4.69, 9.17) is 4.74 Å². The van der Waals surface area contributed by atoms with Crippen molar-refractivity contribution in [3.05, 3.63) is 77.9 Å². The topological polar surface area (TPSA) is 67.4 Å². The van der Waals surface area contributed by atoms with Crippen molar-refractivity contribution in [2.75, 3.05) is 13.7 Å². The Morgan fingerprint density at radius 2 is 1.68 bits per heavy atom. The van der Waals surface area contributed by atoms with Gasteiger partial charge < -0.3 is 15.4 Å². The molecule has 1 unspecified atom stereocenters. The Bertz CT molecular complexity index is 967. The van der Waals surface area contributed by atoms with E-state index in [-0.39, 0.29) is 24.4 Å². The van der Waals surface area contributed by atoms with Crippen LogP contribution in [-0.4, -0.2) is 25.5 Å². The van der Waals surface area contributed by atoms with Crippen molar-refractivity contribution in [1.82, 2.24) is 10.6 Å². The summed E-state index contributed by atoms with van der Waals surface area (Å²) in [6.07, 6.45) is 0.747. The minimum Gasteiger partial charge on any atom is -0.497 e. The van der Waals surface area contributed by atoms with E-state index in [0.29, 0.717) is 5.56 Å². The Morgan fingerprint density at radius 1 is 0.964 bits per heavy atom. The molecule has 3 aromatic rings. The molecular formula is C23H24N2O3. The maximum absolute atomic E-state index is 12.4. The van der Waals surface area contributed by atoms with E-state index in [9.17, 15) is 9.59 Å². The van der Waals surface area contributed by atoms with Crippen molar-refractivity contribution < 1.29 is 14.3 Å². The molecule has 0 spiro atoms. The number of fused-ring (bicyclic) bond motifs is 1. The van der Waals surface area contributed by atoms with Crippen LogP contribution < -0.4 is 15.4 Å². The number of benzene rings is 3. The van der Waals surface area contributed by atoms with Gasteiger partial charge in [-0.25, -0.2) is 0 Å². The predicted molar refractivity (Wildman–Crippen MR) is 110 cm³/mol. The number of methoxy groups -OCH3 is 1. The van der Waals surface area contributed by atoms with Gasteiger partial charge in [0.15, 0.2) is 0 Å². The third-order valence-electron chi connectivity index (χ3n) is 4.68. The third-order valence-corrected chi connectivity index (χ3v) is 4.68. The predicted octanol–water partition coefficient (Wildman–Crippen LogP) is 3.85. The molecule has 28 heavy (non-hydrogen) atoms. The molecule has 0 bridgehead atoms. The van der Waals surface area contributed by atoms with Crippen LogP contribution in [0.15, 0.2) is 66.7 Å². The van der Waals surface area contributed by atoms with Crippen LogP contribution in [0, 0.1) is 0 Å². The van der Waals surface area contributed by atoms with Crippen molar-refractivity contribution in [1.29, 1.82) is 0 Å². The first kappa shape index (κ1) is 19.4. The van der Waals surface area contributed by atoms with E-state index in [1.807, 2.05) is 67.6 Å². The normalized spacial score (nSPS) is 11.6. The first-order valence-corrected chi connectivity index (χ1v) is 9.31. The van der Waals surface area contributed by atoms with E-state index in [0.717, 1.165) is 28.5 Å². The van der Waals surface area contributed by atoms with Gasteiger partial charge in [0.2, 0.25) is 5.91 Å². The quantitative estimate of drug-likeness (QED) is 0.658. The first-order valence-electron chi connectivity index (χ1n) is 9.31. The SMILES string of the molecule is CCC(NC(=O)CNC(=O)c1ccc2ccccc2c1)c1ccc(OC)cc1. The number of hydrogen-bond acceptors (Lipinski definition) is 3. The Labute approximate surface area is 164 Å². The van der Waals surface area contributed by atoms with Crippen molar-refractivity contribution in [2.24, 2.45) is 0 Å². The lowest BCUT2D eigenvalue weighted by molar-refractivity contribution is -0.120. The summed E-state index contributed by atoms with van der Waals surface area (Å²) in [7, 11) is 1.62. The number of hydrogen-bond donors (Lipinski definition) is 2. The number of ether oxygens (including phenoxy) is 1. The number of rotatable bonds is 7. The molecule has 2 N–H and O–H groups in total. The molecule has 0 saturated heterocycles. The molecule has 0 radical (unpaired) electrons. The number of amides is 2. The molecule has 3 rings (SSSR count). The van der Waals surface area contributed by atoms with Gasteiger partial charge in [-0.05, 0) is 47.0 Å². The van der Waals surface area contributed by atoms with Gasteiger partial charge in [-0.15, -0.1) is 0 Å². The van der Waals surface area contributed by atoms with Gasteiger partial charge in [0.1, 0.15) is 5.75 Å². The summed E-state index contributed by atoms with van der Waals surface area (Å²) in [5, 5.41) is 7.72. The summed E-state index contributed by atoms with van der Waals surface area (Å²) >= 11 is 0. The summed E-state index contributed by atoms with van der Waals surface area (Å²) < 4.78 is 5.16. The molecule has 2 amide bonds.